The molecule has 0 aliphatic carbocycles. The molecule has 2 heterocycles. The number of fused-ring (bicyclic) bond motifs is 1. The molecule has 2 aromatic carbocycles. The van der Waals surface area contributed by atoms with Gasteiger partial charge in [0.1, 0.15) is 17.5 Å². The first kappa shape index (κ1) is 17.1. The van der Waals surface area contributed by atoms with Crippen molar-refractivity contribution in [2.24, 2.45) is 5.10 Å². The highest BCUT2D eigenvalue weighted by Gasteiger charge is 2.12. The average Bonchev–Trinajstić information content (AvgIpc) is 3.14. The number of nitrogens with zero attached hydrogens (tertiary/aromatic N) is 6. The molecule has 0 radical (unpaired) electrons. The molecule has 4 rings (SSSR count). The number of benzene rings is 2. The van der Waals surface area contributed by atoms with Crippen molar-refractivity contribution in [2.45, 2.75) is 0 Å². The van der Waals surface area contributed by atoms with E-state index in [-0.39, 0.29) is 22.4 Å². The summed E-state index contributed by atoms with van der Waals surface area (Å²) in [6, 6.07) is 12.8. The summed E-state index contributed by atoms with van der Waals surface area (Å²) in [6.45, 7) is 0. The molecule has 0 aliphatic rings. The first-order chi connectivity index (χ1) is 13.5. The molecule has 2 aromatic heterocycles. The molecule has 0 bridgehead atoms. The number of para-hydroxylation sites is 1. The number of phenols is 1. The number of aromatic hydroxyl groups is 1. The SMILES string of the molecule is O=c1c2cnn(-c3ccccc3)c2ncn1/N=C\c1cc([N+](=O)[O-])ccc1O. The minimum Gasteiger partial charge on any atom is -0.507 e. The van der Waals surface area contributed by atoms with Crippen molar-refractivity contribution in [1.82, 2.24) is 19.4 Å². The number of hydrogen-bond acceptors (Lipinski definition) is 7. The van der Waals surface area contributed by atoms with E-state index in [1.807, 2.05) is 30.3 Å². The Hall–Kier alpha value is -4.34. The second-order valence-electron chi connectivity index (χ2n) is 5.77. The van der Waals surface area contributed by atoms with Crippen molar-refractivity contribution in [1.29, 1.82) is 0 Å². The minimum absolute atomic E-state index is 0.0983. The van der Waals surface area contributed by atoms with E-state index in [0.717, 1.165) is 22.6 Å². The Balaban J connectivity index is 1.74. The molecule has 0 atom stereocenters. The van der Waals surface area contributed by atoms with Gasteiger partial charge in [0.2, 0.25) is 0 Å². The van der Waals surface area contributed by atoms with E-state index in [1.165, 1.54) is 29.3 Å². The highest BCUT2D eigenvalue weighted by molar-refractivity contribution is 5.84. The normalized spacial score (nSPS) is 11.3. The van der Waals surface area contributed by atoms with Crippen molar-refractivity contribution < 1.29 is 10.0 Å². The first-order valence-corrected chi connectivity index (χ1v) is 8.07. The van der Waals surface area contributed by atoms with Gasteiger partial charge in [0.25, 0.3) is 11.2 Å². The predicted octanol–water partition coefficient (Wildman–Crippen LogP) is 2.08. The molecule has 138 valence electrons. The van der Waals surface area contributed by atoms with Crippen LogP contribution in [0.25, 0.3) is 16.7 Å². The van der Waals surface area contributed by atoms with Gasteiger partial charge < -0.3 is 5.11 Å². The van der Waals surface area contributed by atoms with E-state index < -0.39 is 10.5 Å². The van der Waals surface area contributed by atoms with E-state index >= 15 is 0 Å². The predicted molar refractivity (Wildman–Crippen MR) is 101 cm³/mol. The Morgan fingerprint density at radius 2 is 1.96 bits per heavy atom. The van der Waals surface area contributed by atoms with Crippen molar-refractivity contribution in [3.8, 4) is 11.4 Å². The third-order valence-corrected chi connectivity index (χ3v) is 4.02. The molecule has 0 amide bonds. The molecule has 1 N–H and O–H groups in total. The van der Waals surface area contributed by atoms with Crippen molar-refractivity contribution >= 4 is 22.9 Å². The molecule has 0 saturated heterocycles. The lowest BCUT2D eigenvalue weighted by Crippen LogP contribution is -2.17. The van der Waals surface area contributed by atoms with Crippen LogP contribution in [0.5, 0.6) is 5.75 Å². The average molecular weight is 376 g/mol. The Labute approximate surface area is 156 Å². The summed E-state index contributed by atoms with van der Waals surface area (Å²) in [7, 11) is 0. The van der Waals surface area contributed by atoms with Gasteiger partial charge >= 0.3 is 0 Å². The maximum Gasteiger partial charge on any atom is 0.285 e. The summed E-state index contributed by atoms with van der Waals surface area (Å²) in [6.07, 6.45) is 3.77. The number of nitro benzene ring substituents is 1. The van der Waals surface area contributed by atoms with E-state index in [1.54, 1.807) is 0 Å². The van der Waals surface area contributed by atoms with Gasteiger partial charge in [-0.3, -0.25) is 14.9 Å². The number of rotatable bonds is 4. The largest absolute Gasteiger partial charge is 0.507 e. The van der Waals surface area contributed by atoms with Gasteiger partial charge in [-0.2, -0.15) is 14.9 Å². The van der Waals surface area contributed by atoms with Crippen LogP contribution in [-0.2, 0) is 0 Å². The fourth-order valence-corrected chi connectivity index (χ4v) is 2.63. The highest BCUT2D eigenvalue weighted by Crippen LogP contribution is 2.21. The molecule has 4 aromatic rings. The van der Waals surface area contributed by atoms with Crippen LogP contribution in [0.3, 0.4) is 0 Å². The van der Waals surface area contributed by atoms with Crippen LogP contribution in [0.2, 0.25) is 0 Å². The highest BCUT2D eigenvalue weighted by atomic mass is 16.6. The van der Waals surface area contributed by atoms with Crippen LogP contribution >= 0.6 is 0 Å². The third kappa shape index (κ3) is 2.98. The summed E-state index contributed by atoms with van der Waals surface area (Å²) < 4.78 is 2.51. The zero-order valence-electron chi connectivity index (χ0n) is 14.2. The van der Waals surface area contributed by atoms with Gasteiger partial charge in [0.05, 0.1) is 23.0 Å². The maximum atomic E-state index is 12.6. The summed E-state index contributed by atoms with van der Waals surface area (Å²) in [5.41, 5.74) is 0.562. The van der Waals surface area contributed by atoms with E-state index in [4.69, 9.17) is 0 Å². The second kappa shape index (κ2) is 6.76. The molecule has 0 spiro atoms. The topological polar surface area (TPSA) is 128 Å². The molecule has 28 heavy (non-hydrogen) atoms. The Bertz CT molecular complexity index is 1280. The van der Waals surface area contributed by atoms with Crippen LogP contribution in [-0.4, -0.2) is 35.7 Å². The fourth-order valence-electron chi connectivity index (χ4n) is 2.63. The number of nitro groups is 1. The van der Waals surface area contributed by atoms with Gasteiger partial charge in [-0.1, -0.05) is 18.2 Å². The van der Waals surface area contributed by atoms with Crippen LogP contribution < -0.4 is 5.56 Å². The molecule has 0 unspecified atom stereocenters. The van der Waals surface area contributed by atoms with Crippen LogP contribution in [0.15, 0.2) is 71.0 Å². The summed E-state index contributed by atoms with van der Waals surface area (Å²) in [5, 5.41) is 29.1. The zero-order chi connectivity index (χ0) is 19.7. The molecule has 0 fully saturated rings. The second-order valence-corrected chi connectivity index (χ2v) is 5.77. The van der Waals surface area contributed by atoms with Crippen molar-refractivity contribution in [3.05, 3.63) is 87.1 Å². The Kier molecular flexibility index (Phi) is 4.13. The molecule has 10 heteroatoms. The minimum atomic E-state index is -0.589. The van der Waals surface area contributed by atoms with Crippen LogP contribution in [0.1, 0.15) is 5.56 Å². The van der Waals surface area contributed by atoms with Crippen LogP contribution in [0.4, 0.5) is 5.69 Å². The van der Waals surface area contributed by atoms with Gasteiger partial charge in [-0.15, -0.1) is 0 Å². The number of phenolic OH excluding ortho intramolecular Hbond substituents is 1. The lowest BCUT2D eigenvalue weighted by atomic mass is 10.2. The Morgan fingerprint density at radius 1 is 1.18 bits per heavy atom. The van der Waals surface area contributed by atoms with Crippen LogP contribution in [0, 0.1) is 10.1 Å². The molecular formula is C18H12N6O4. The van der Waals surface area contributed by atoms with Crippen molar-refractivity contribution in [3.63, 3.8) is 0 Å². The Morgan fingerprint density at radius 3 is 2.71 bits per heavy atom. The lowest BCUT2D eigenvalue weighted by Gasteiger charge is -2.03. The maximum absolute atomic E-state index is 12.6. The molecule has 10 nitrogen and oxygen atoms in total. The number of non-ortho nitro benzene ring substituents is 1. The summed E-state index contributed by atoms with van der Waals surface area (Å²) in [4.78, 5) is 27.2. The van der Waals surface area contributed by atoms with Crippen molar-refractivity contribution in [2.75, 3.05) is 0 Å². The number of hydrogen-bond donors (Lipinski definition) is 1. The van der Waals surface area contributed by atoms with E-state index in [2.05, 4.69) is 15.2 Å². The smallest absolute Gasteiger partial charge is 0.285 e. The van der Waals surface area contributed by atoms with Gasteiger partial charge in [0, 0.05) is 17.7 Å². The van der Waals surface area contributed by atoms with Gasteiger partial charge in [-0.25, -0.2) is 9.67 Å². The first-order valence-electron chi connectivity index (χ1n) is 8.07. The molecule has 0 saturated carbocycles. The van der Waals surface area contributed by atoms with Gasteiger partial charge in [-0.05, 0) is 18.2 Å². The number of aromatic nitrogens is 4. The van der Waals surface area contributed by atoms with E-state index in [0.29, 0.717) is 5.65 Å². The molecule has 0 aliphatic heterocycles. The summed E-state index contributed by atoms with van der Waals surface area (Å²) in [5.74, 6) is -0.201. The lowest BCUT2D eigenvalue weighted by molar-refractivity contribution is -0.384. The standard InChI is InChI=1S/C18H12N6O4/c25-16-7-6-14(24(27)28)8-12(16)9-20-22-11-19-17-15(18(22)26)10-21-23(17)13-4-2-1-3-5-13/h1-11,25H/b20-9-. The van der Waals surface area contributed by atoms with Gasteiger partial charge in [0.15, 0.2) is 5.65 Å². The third-order valence-electron chi connectivity index (χ3n) is 4.02. The quantitative estimate of drug-likeness (QED) is 0.330. The molecular weight excluding hydrogens is 364 g/mol. The fraction of sp³-hybridized carbons (Fsp3) is 0. The zero-order valence-corrected chi connectivity index (χ0v) is 14.2. The van der Waals surface area contributed by atoms with E-state index in [9.17, 15) is 20.0 Å². The summed E-state index contributed by atoms with van der Waals surface area (Å²) >= 11 is 0. The monoisotopic (exact) mass is 376 g/mol.